The maximum atomic E-state index is 12.3. The van der Waals surface area contributed by atoms with E-state index in [-0.39, 0.29) is 11.8 Å². The van der Waals surface area contributed by atoms with Gasteiger partial charge in [-0.15, -0.1) is 0 Å². The van der Waals surface area contributed by atoms with Crippen LogP contribution in [0, 0.1) is 11.8 Å². The minimum atomic E-state index is 0.183. The summed E-state index contributed by atoms with van der Waals surface area (Å²) in [7, 11) is 1.93. The fourth-order valence-corrected chi connectivity index (χ4v) is 3.61. The number of nitrogens with zero attached hydrogens (tertiary/aromatic N) is 2. The van der Waals surface area contributed by atoms with Gasteiger partial charge in [0.25, 0.3) is 0 Å². The predicted molar refractivity (Wildman–Crippen MR) is 82.9 cm³/mol. The van der Waals surface area contributed by atoms with E-state index in [9.17, 15) is 4.79 Å². The highest BCUT2D eigenvalue weighted by molar-refractivity contribution is 5.82. The van der Waals surface area contributed by atoms with Crippen LogP contribution in [0.25, 0.3) is 0 Å². The molecule has 21 heavy (non-hydrogen) atoms. The Morgan fingerprint density at radius 2 is 2.00 bits per heavy atom. The van der Waals surface area contributed by atoms with E-state index in [4.69, 9.17) is 0 Å². The van der Waals surface area contributed by atoms with E-state index < -0.39 is 0 Å². The SMILES string of the molecule is Cn1cc(C2CC2C(=O)NCC2CCCCCCC2)cn1. The van der Waals surface area contributed by atoms with Crippen molar-refractivity contribution in [1.82, 2.24) is 15.1 Å². The van der Waals surface area contributed by atoms with Crippen molar-refractivity contribution >= 4 is 5.91 Å². The number of nitrogens with one attached hydrogen (secondary N) is 1. The maximum Gasteiger partial charge on any atom is 0.223 e. The van der Waals surface area contributed by atoms with Gasteiger partial charge in [0.2, 0.25) is 5.91 Å². The second-order valence-electron chi connectivity index (χ2n) is 6.85. The van der Waals surface area contributed by atoms with E-state index in [1.165, 1.54) is 50.5 Å². The van der Waals surface area contributed by atoms with Crippen molar-refractivity contribution in [2.45, 2.75) is 57.3 Å². The highest BCUT2D eigenvalue weighted by Gasteiger charge is 2.44. The molecular formula is C17H27N3O. The Morgan fingerprint density at radius 1 is 1.29 bits per heavy atom. The van der Waals surface area contributed by atoms with Gasteiger partial charge >= 0.3 is 0 Å². The van der Waals surface area contributed by atoms with Crippen molar-refractivity contribution in [3.8, 4) is 0 Å². The summed E-state index contributed by atoms with van der Waals surface area (Å²) in [6.07, 6.45) is 14.3. The predicted octanol–water partition coefficient (Wildman–Crippen LogP) is 3.00. The van der Waals surface area contributed by atoms with Gasteiger partial charge in [-0.2, -0.15) is 5.10 Å². The van der Waals surface area contributed by atoms with Crippen LogP contribution in [0.4, 0.5) is 0 Å². The zero-order valence-electron chi connectivity index (χ0n) is 13.1. The van der Waals surface area contributed by atoms with Crippen LogP contribution in [0.1, 0.15) is 62.8 Å². The lowest BCUT2D eigenvalue weighted by molar-refractivity contribution is -0.122. The number of carbonyl (C=O) groups excluding carboxylic acids is 1. The largest absolute Gasteiger partial charge is 0.356 e. The van der Waals surface area contributed by atoms with Crippen molar-refractivity contribution in [1.29, 1.82) is 0 Å². The summed E-state index contributed by atoms with van der Waals surface area (Å²) in [5, 5.41) is 7.40. The molecule has 2 unspecified atom stereocenters. The van der Waals surface area contributed by atoms with Gasteiger partial charge < -0.3 is 5.32 Å². The van der Waals surface area contributed by atoms with Crippen LogP contribution in [-0.2, 0) is 11.8 Å². The van der Waals surface area contributed by atoms with Crippen molar-refractivity contribution in [2.75, 3.05) is 6.54 Å². The quantitative estimate of drug-likeness (QED) is 0.926. The molecule has 2 saturated carbocycles. The first-order valence-electron chi connectivity index (χ1n) is 8.50. The van der Waals surface area contributed by atoms with Crippen LogP contribution in [0.3, 0.4) is 0 Å². The second kappa shape index (κ2) is 6.63. The fourth-order valence-electron chi connectivity index (χ4n) is 3.61. The molecule has 2 aliphatic rings. The van der Waals surface area contributed by atoms with Gasteiger partial charge in [0.15, 0.2) is 0 Å². The molecule has 1 amide bonds. The highest BCUT2D eigenvalue weighted by Crippen LogP contribution is 2.47. The first-order valence-corrected chi connectivity index (χ1v) is 8.50. The van der Waals surface area contributed by atoms with Gasteiger partial charge in [0, 0.05) is 25.7 Å². The van der Waals surface area contributed by atoms with Gasteiger partial charge in [-0.1, -0.05) is 32.1 Å². The second-order valence-corrected chi connectivity index (χ2v) is 6.85. The van der Waals surface area contributed by atoms with Crippen LogP contribution in [0.2, 0.25) is 0 Å². The minimum Gasteiger partial charge on any atom is -0.356 e. The Hall–Kier alpha value is -1.32. The molecule has 2 aliphatic carbocycles. The van der Waals surface area contributed by atoms with Crippen LogP contribution in [0.15, 0.2) is 12.4 Å². The van der Waals surface area contributed by atoms with Gasteiger partial charge in [-0.3, -0.25) is 9.48 Å². The summed E-state index contributed by atoms with van der Waals surface area (Å²) in [6.45, 7) is 0.884. The van der Waals surface area contributed by atoms with Crippen LogP contribution < -0.4 is 5.32 Å². The van der Waals surface area contributed by atoms with Gasteiger partial charge in [-0.05, 0) is 36.7 Å². The number of hydrogen-bond donors (Lipinski definition) is 1. The molecule has 0 spiro atoms. The lowest BCUT2D eigenvalue weighted by Gasteiger charge is -2.20. The van der Waals surface area contributed by atoms with Gasteiger partial charge in [0.05, 0.1) is 6.20 Å². The molecule has 4 nitrogen and oxygen atoms in total. The van der Waals surface area contributed by atoms with E-state index in [2.05, 4.69) is 10.4 Å². The van der Waals surface area contributed by atoms with Crippen LogP contribution in [0.5, 0.6) is 0 Å². The molecule has 1 aromatic rings. The molecule has 1 heterocycles. The van der Waals surface area contributed by atoms with Crippen LogP contribution >= 0.6 is 0 Å². The molecule has 0 saturated heterocycles. The number of amides is 1. The fraction of sp³-hybridized carbons (Fsp3) is 0.765. The molecule has 0 bridgehead atoms. The van der Waals surface area contributed by atoms with E-state index in [0.29, 0.717) is 11.8 Å². The van der Waals surface area contributed by atoms with E-state index >= 15 is 0 Å². The van der Waals surface area contributed by atoms with Crippen molar-refractivity contribution in [3.05, 3.63) is 18.0 Å². The van der Waals surface area contributed by atoms with Crippen LogP contribution in [-0.4, -0.2) is 22.2 Å². The third-order valence-electron chi connectivity index (χ3n) is 5.07. The first-order chi connectivity index (χ1) is 10.2. The zero-order valence-corrected chi connectivity index (χ0v) is 13.1. The molecule has 1 aromatic heterocycles. The maximum absolute atomic E-state index is 12.3. The van der Waals surface area contributed by atoms with Crippen molar-refractivity contribution in [3.63, 3.8) is 0 Å². The monoisotopic (exact) mass is 289 g/mol. The minimum absolute atomic E-state index is 0.183. The molecule has 116 valence electrons. The summed E-state index contributed by atoms with van der Waals surface area (Å²) in [5.74, 6) is 1.54. The molecule has 0 radical (unpaired) electrons. The van der Waals surface area contributed by atoms with Crippen molar-refractivity contribution in [2.24, 2.45) is 18.9 Å². The number of carbonyl (C=O) groups is 1. The number of aryl methyl sites for hydroxylation is 1. The Bertz CT molecular complexity index is 474. The molecule has 4 heteroatoms. The standard InChI is InChI=1S/C17H27N3O/c1-20-12-14(11-19-20)15-9-16(15)17(21)18-10-13-7-5-3-2-4-6-8-13/h11-13,15-16H,2-10H2,1H3,(H,18,21). The zero-order chi connectivity index (χ0) is 14.7. The molecule has 1 N–H and O–H groups in total. The Morgan fingerprint density at radius 3 is 2.67 bits per heavy atom. The summed E-state index contributed by atoms with van der Waals surface area (Å²) in [6, 6.07) is 0. The van der Waals surface area contributed by atoms with Crippen molar-refractivity contribution < 1.29 is 4.79 Å². The topological polar surface area (TPSA) is 46.9 Å². The van der Waals surface area contributed by atoms with Gasteiger partial charge in [-0.25, -0.2) is 0 Å². The molecule has 2 atom stereocenters. The lowest BCUT2D eigenvalue weighted by atomic mass is 9.91. The molecule has 3 rings (SSSR count). The molecule has 0 aliphatic heterocycles. The van der Waals surface area contributed by atoms with E-state index in [1.54, 1.807) is 0 Å². The number of aromatic nitrogens is 2. The third-order valence-corrected chi connectivity index (χ3v) is 5.07. The Balaban J connectivity index is 1.42. The summed E-state index contributed by atoms with van der Waals surface area (Å²) in [4.78, 5) is 12.3. The average molecular weight is 289 g/mol. The molecule has 2 fully saturated rings. The van der Waals surface area contributed by atoms with E-state index in [0.717, 1.165) is 13.0 Å². The summed E-state index contributed by atoms with van der Waals surface area (Å²) < 4.78 is 1.82. The molecular weight excluding hydrogens is 262 g/mol. The smallest absolute Gasteiger partial charge is 0.223 e. The van der Waals surface area contributed by atoms with Gasteiger partial charge in [0.1, 0.15) is 0 Å². The number of hydrogen-bond acceptors (Lipinski definition) is 2. The summed E-state index contributed by atoms with van der Waals surface area (Å²) in [5.41, 5.74) is 1.21. The third kappa shape index (κ3) is 3.86. The van der Waals surface area contributed by atoms with E-state index in [1.807, 2.05) is 24.1 Å². The lowest BCUT2D eigenvalue weighted by Crippen LogP contribution is -2.31. The first kappa shape index (κ1) is 14.6. The normalized spacial score (nSPS) is 26.9. The Kier molecular flexibility index (Phi) is 4.61. The average Bonchev–Trinajstić information content (AvgIpc) is 3.13. The summed E-state index contributed by atoms with van der Waals surface area (Å²) >= 11 is 0. The Labute approximate surface area is 127 Å². The number of rotatable bonds is 4. The molecule has 0 aromatic carbocycles. The highest BCUT2D eigenvalue weighted by atomic mass is 16.2.